The van der Waals surface area contributed by atoms with Crippen LogP contribution in [-0.4, -0.2) is 58.4 Å². The summed E-state index contributed by atoms with van der Waals surface area (Å²) in [6, 6.07) is -0.842. The van der Waals surface area contributed by atoms with Gasteiger partial charge in [0.2, 0.25) is 11.8 Å². The lowest BCUT2D eigenvalue weighted by atomic mass is 10.1. The second-order valence-electron chi connectivity index (χ2n) is 4.15. The number of carboxylic acids is 1. The van der Waals surface area contributed by atoms with E-state index in [0.29, 0.717) is 19.6 Å². The maximum atomic E-state index is 12.0. The molecule has 0 spiro atoms. The molecule has 17 heavy (non-hydrogen) atoms. The molecule has 1 rings (SSSR count). The van der Waals surface area contributed by atoms with E-state index in [4.69, 9.17) is 5.11 Å². The zero-order chi connectivity index (χ0) is 13.0. The summed E-state index contributed by atoms with van der Waals surface area (Å²) in [6.45, 7) is 4.83. The SMILES string of the molecule is CCCN1CCN(C(C)=O)C(CC(=O)O)C1=O. The molecule has 0 saturated carbocycles. The van der Waals surface area contributed by atoms with Gasteiger partial charge in [-0.15, -0.1) is 0 Å². The van der Waals surface area contributed by atoms with Gasteiger partial charge in [0.1, 0.15) is 6.04 Å². The number of carboxylic acid groups (broad SMARTS) is 1. The standard InChI is InChI=1S/C11H18N2O4/c1-3-4-12-5-6-13(8(2)14)9(11(12)17)7-10(15)16/h9H,3-7H2,1-2H3,(H,15,16). The maximum Gasteiger partial charge on any atom is 0.305 e. The average Bonchev–Trinajstić information content (AvgIpc) is 2.23. The summed E-state index contributed by atoms with van der Waals surface area (Å²) in [6.07, 6.45) is 0.504. The number of carbonyl (C=O) groups excluding carboxylic acids is 2. The van der Waals surface area contributed by atoms with Crippen LogP contribution < -0.4 is 0 Å². The molecule has 1 N–H and O–H groups in total. The van der Waals surface area contributed by atoms with Crippen molar-refractivity contribution in [3.05, 3.63) is 0 Å². The first-order chi connectivity index (χ1) is 7.97. The third-order valence-corrected chi connectivity index (χ3v) is 2.85. The maximum absolute atomic E-state index is 12.0. The van der Waals surface area contributed by atoms with Gasteiger partial charge in [-0.1, -0.05) is 6.92 Å². The fourth-order valence-electron chi connectivity index (χ4n) is 2.07. The second-order valence-corrected chi connectivity index (χ2v) is 4.15. The van der Waals surface area contributed by atoms with E-state index >= 15 is 0 Å². The van der Waals surface area contributed by atoms with E-state index in [9.17, 15) is 14.4 Å². The smallest absolute Gasteiger partial charge is 0.305 e. The fourth-order valence-corrected chi connectivity index (χ4v) is 2.07. The molecule has 1 fully saturated rings. The summed E-state index contributed by atoms with van der Waals surface area (Å²) in [4.78, 5) is 37.1. The summed E-state index contributed by atoms with van der Waals surface area (Å²) in [7, 11) is 0. The zero-order valence-electron chi connectivity index (χ0n) is 10.2. The Balaban J connectivity index is 2.82. The van der Waals surface area contributed by atoms with Crippen molar-refractivity contribution in [3.63, 3.8) is 0 Å². The van der Waals surface area contributed by atoms with Gasteiger partial charge < -0.3 is 14.9 Å². The number of amides is 2. The molecular weight excluding hydrogens is 224 g/mol. The van der Waals surface area contributed by atoms with Gasteiger partial charge in [-0.25, -0.2) is 0 Å². The summed E-state index contributed by atoms with van der Waals surface area (Å²) in [5.74, 6) is -1.57. The first-order valence-electron chi connectivity index (χ1n) is 5.75. The molecule has 6 nitrogen and oxygen atoms in total. The molecule has 0 aliphatic carbocycles. The Morgan fingerprint density at radius 3 is 2.53 bits per heavy atom. The summed E-state index contributed by atoms with van der Waals surface area (Å²) < 4.78 is 0. The van der Waals surface area contributed by atoms with Crippen LogP contribution in [0.25, 0.3) is 0 Å². The van der Waals surface area contributed by atoms with Crippen molar-refractivity contribution in [1.82, 2.24) is 9.80 Å². The zero-order valence-corrected chi connectivity index (χ0v) is 10.2. The third kappa shape index (κ3) is 3.18. The predicted molar refractivity (Wildman–Crippen MR) is 60.3 cm³/mol. The van der Waals surface area contributed by atoms with Crippen LogP contribution in [0.3, 0.4) is 0 Å². The Morgan fingerprint density at radius 2 is 2.06 bits per heavy atom. The molecule has 1 unspecified atom stereocenters. The summed E-state index contributed by atoms with van der Waals surface area (Å²) >= 11 is 0. The highest BCUT2D eigenvalue weighted by Crippen LogP contribution is 2.15. The largest absolute Gasteiger partial charge is 0.481 e. The molecular formula is C11H18N2O4. The van der Waals surface area contributed by atoms with Gasteiger partial charge >= 0.3 is 5.97 Å². The first kappa shape index (κ1) is 13.5. The van der Waals surface area contributed by atoms with E-state index < -0.39 is 12.0 Å². The number of hydrogen-bond acceptors (Lipinski definition) is 3. The Kier molecular flexibility index (Phi) is 4.48. The Morgan fingerprint density at radius 1 is 1.41 bits per heavy atom. The second kappa shape index (κ2) is 5.65. The van der Waals surface area contributed by atoms with Crippen molar-refractivity contribution in [1.29, 1.82) is 0 Å². The topological polar surface area (TPSA) is 77.9 Å². The number of aliphatic carboxylic acids is 1. The predicted octanol–water partition coefficient (Wildman–Crippen LogP) is -0.0696. The Bertz CT molecular complexity index is 329. The monoisotopic (exact) mass is 242 g/mol. The number of rotatable bonds is 4. The van der Waals surface area contributed by atoms with E-state index in [0.717, 1.165) is 6.42 Å². The fraction of sp³-hybridized carbons (Fsp3) is 0.727. The lowest BCUT2D eigenvalue weighted by Gasteiger charge is -2.39. The minimum atomic E-state index is -1.06. The quantitative estimate of drug-likeness (QED) is 0.748. The van der Waals surface area contributed by atoms with Crippen molar-refractivity contribution in [2.75, 3.05) is 19.6 Å². The van der Waals surface area contributed by atoms with Crippen molar-refractivity contribution >= 4 is 17.8 Å². The summed E-state index contributed by atoms with van der Waals surface area (Å²) in [5.41, 5.74) is 0. The molecule has 0 aromatic rings. The highest BCUT2D eigenvalue weighted by atomic mass is 16.4. The molecule has 0 bridgehead atoms. The van der Waals surface area contributed by atoms with Crippen LogP contribution in [0.2, 0.25) is 0 Å². The van der Waals surface area contributed by atoms with Gasteiger partial charge in [0.05, 0.1) is 6.42 Å². The molecule has 1 heterocycles. The highest BCUT2D eigenvalue weighted by Gasteiger charge is 2.36. The number of piperazine rings is 1. The van der Waals surface area contributed by atoms with E-state index in [-0.39, 0.29) is 18.2 Å². The van der Waals surface area contributed by atoms with E-state index in [1.807, 2.05) is 6.92 Å². The van der Waals surface area contributed by atoms with Gasteiger partial charge in [0.15, 0.2) is 0 Å². The van der Waals surface area contributed by atoms with Gasteiger partial charge in [-0.05, 0) is 6.42 Å². The Labute approximate surface area is 100 Å². The highest BCUT2D eigenvalue weighted by molar-refractivity contribution is 5.91. The summed E-state index contributed by atoms with van der Waals surface area (Å²) in [5, 5.41) is 8.79. The molecule has 96 valence electrons. The lowest BCUT2D eigenvalue weighted by Crippen LogP contribution is -2.58. The number of hydrogen-bond donors (Lipinski definition) is 1. The molecule has 0 radical (unpaired) electrons. The third-order valence-electron chi connectivity index (χ3n) is 2.85. The van der Waals surface area contributed by atoms with Crippen LogP contribution in [-0.2, 0) is 14.4 Å². The molecule has 0 aromatic heterocycles. The van der Waals surface area contributed by atoms with E-state index in [1.165, 1.54) is 11.8 Å². The lowest BCUT2D eigenvalue weighted by molar-refractivity contribution is -0.154. The molecule has 6 heteroatoms. The molecule has 2 amide bonds. The molecule has 1 atom stereocenters. The number of carbonyl (C=O) groups is 3. The van der Waals surface area contributed by atoms with Crippen molar-refractivity contribution < 1.29 is 19.5 Å². The van der Waals surface area contributed by atoms with Gasteiger partial charge in [-0.2, -0.15) is 0 Å². The normalized spacial score (nSPS) is 20.6. The van der Waals surface area contributed by atoms with Crippen LogP contribution in [0.1, 0.15) is 26.7 Å². The van der Waals surface area contributed by atoms with Crippen molar-refractivity contribution in [3.8, 4) is 0 Å². The minimum absolute atomic E-state index is 0.249. The van der Waals surface area contributed by atoms with Crippen LogP contribution in [0.5, 0.6) is 0 Å². The molecule has 1 aliphatic rings. The Hall–Kier alpha value is -1.59. The molecule has 1 saturated heterocycles. The van der Waals surface area contributed by atoms with Crippen LogP contribution >= 0.6 is 0 Å². The average molecular weight is 242 g/mol. The van der Waals surface area contributed by atoms with Crippen LogP contribution in [0.4, 0.5) is 0 Å². The number of nitrogens with zero attached hydrogens (tertiary/aromatic N) is 2. The van der Waals surface area contributed by atoms with Crippen molar-refractivity contribution in [2.45, 2.75) is 32.7 Å². The van der Waals surface area contributed by atoms with Gasteiger partial charge in [0, 0.05) is 26.6 Å². The minimum Gasteiger partial charge on any atom is -0.481 e. The van der Waals surface area contributed by atoms with Gasteiger partial charge in [-0.3, -0.25) is 14.4 Å². The van der Waals surface area contributed by atoms with E-state index in [1.54, 1.807) is 4.90 Å². The van der Waals surface area contributed by atoms with E-state index in [2.05, 4.69) is 0 Å². The van der Waals surface area contributed by atoms with Crippen LogP contribution in [0.15, 0.2) is 0 Å². The molecule has 0 aromatic carbocycles. The van der Waals surface area contributed by atoms with Crippen molar-refractivity contribution in [2.24, 2.45) is 0 Å². The van der Waals surface area contributed by atoms with Crippen LogP contribution in [0, 0.1) is 0 Å². The van der Waals surface area contributed by atoms with Gasteiger partial charge in [0.25, 0.3) is 0 Å². The first-order valence-corrected chi connectivity index (χ1v) is 5.75. The molecule has 1 aliphatic heterocycles.